The number of nitrogens with one attached hydrogen (secondary N) is 2. The number of ether oxygens (including phenoxy) is 2. The summed E-state index contributed by atoms with van der Waals surface area (Å²) in [7, 11) is 4.50. The molecule has 0 saturated heterocycles. The molecule has 0 radical (unpaired) electrons. The molecule has 34 heavy (non-hydrogen) atoms. The molecule has 2 N–H and O–H groups in total. The van der Waals surface area contributed by atoms with Crippen LogP contribution < -0.4 is 15.4 Å². The van der Waals surface area contributed by atoms with Crippen LogP contribution in [0.4, 0.5) is 16.0 Å². The summed E-state index contributed by atoms with van der Waals surface area (Å²) >= 11 is 0. The summed E-state index contributed by atoms with van der Waals surface area (Å²) in [6.07, 6.45) is 6.05. The molecular weight excluding hydrogens is 441 g/mol. The van der Waals surface area contributed by atoms with Gasteiger partial charge in [0.1, 0.15) is 6.61 Å². The third-order valence-electron chi connectivity index (χ3n) is 5.22. The number of hydrogen-bond acceptors (Lipinski definition) is 8. The first-order valence-electron chi connectivity index (χ1n) is 10.5. The summed E-state index contributed by atoms with van der Waals surface area (Å²) in [5.74, 6) is 0.370. The Hall–Kier alpha value is -4.12. The zero-order valence-electron chi connectivity index (χ0n) is 19.0. The van der Waals surface area contributed by atoms with E-state index in [2.05, 4.69) is 30.8 Å². The average Bonchev–Trinajstić information content (AvgIpc) is 3.26. The summed E-state index contributed by atoms with van der Waals surface area (Å²) in [5.41, 5.74) is 2.98. The first-order chi connectivity index (χ1) is 16.5. The fourth-order valence-electron chi connectivity index (χ4n) is 3.46. The second-order valence-electron chi connectivity index (χ2n) is 7.46. The minimum absolute atomic E-state index is 0.0332. The van der Waals surface area contributed by atoms with E-state index in [0.717, 1.165) is 11.3 Å². The van der Waals surface area contributed by atoms with Crippen molar-refractivity contribution in [2.24, 2.45) is 0 Å². The number of amides is 1. The van der Waals surface area contributed by atoms with Gasteiger partial charge in [-0.25, -0.2) is 14.4 Å². The standard InChI is InChI=1S/C23H24FN7O3/c1-25-22(32)16-8-15(21(24)18(9-16)34-3)5-4-14-11-26-23(27-12-14)28-17-6-7-31-19(10-17)29-30-20(31)13-33-2/h6-12H,4-5,13H2,1-3H3,(H,25,32)(H,26,27,28). The maximum absolute atomic E-state index is 14.7. The number of carbonyl (C=O) groups is 1. The van der Waals surface area contributed by atoms with Gasteiger partial charge in [0.25, 0.3) is 5.91 Å². The van der Waals surface area contributed by atoms with Crippen molar-refractivity contribution in [3.63, 3.8) is 0 Å². The Balaban J connectivity index is 1.43. The Kier molecular flexibility index (Phi) is 6.93. The number of rotatable bonds is 9. The van der Waals surface area contributed by atoms with Crippen molar-refractivity contribution in [1.29, 1.82) is 0 Å². The molecule has 0 atom stereocenters. The second kappa shape index (κ2) is 10.2. The first kappa shape index (κ1) is 23.1. The van der Waals surface area contributed by atoms with E-state index in [4.69, 9.17) is 9.47 Å². The van der Waals surface area contributed by atoms with Crippen LogP contribution in [-0.4, -0.2) is 51.7 Å². The van der Waals surface area contributed by atoms with Gasteiger partial charge in [-0.1, -0.05) is 0 Å². The summed E-state index contributed by atoms with van der Waals surface area (Å²) in [5, 5.41) is 13.9. The SMILES string of the molecule is CNC(=O)c1cc(CCc2cnc(Nc3ccn4c(COC)nnc4c3)nc2)c(F)c(OC)c1. The number of hydrogen-bond donors (Lipinski definition) is 2. The van der Waals surface area contributed by atoms with E-state index in [9.17, 15) is 9.18 Å². The Labute approximate surface area is 195 Å². The van der Waals surface area contributed by atoms with Crippen LogP contribution in [0.2, 0.25) is 0 Å². The number of carbonyl (C=O) groups excluding carboxylic acids is 1. The Morgan fingerprint density at radius 3 is 2.62 bits per heavy atom. The quantitative estimate of drug-likeness (QED) is 0.388. The highest BCUT2D eigenvalue weighted by Crippen LogP contribution is 2.24. The summed E-state index contributed by atoms with van der Waals surface area (Å²) in [6.45, 7) is 0.366. The lowest BCUT2D eigenvalue weighted by molar-refractivity contribution is 0.0962. The van der Waals surface area contributed by atoms with Gasteiger partial charge in [-0.2, -0.15) is 0 Å². The van der Waals surface area contributed by atoms with Crippen LogP contribution >= 0.6 is 0 Å². The smallest absolute Gasteiger partial charge is 0.251 e. The molecule has 0 aliphatic carbocycles. The highest BCUT2D eigenvalue weighted by atomic mass is 19.1. The number of anilines is 2. The van der Waals surface area contributed by atoms with Crippen LogP contribution in [0.3, 0.4) is 0 Å². The molecule has 10 nitrogen and oxygen atoms in total. The van der Waals surface area contributed by atoms with Gasteiger partial charge < -0.3 is 20.1 Å². The van der Waals surface area contributed by atoms with Crippen LogP contribution in [0, 0.1) is 5.82 Å². The number of benzene rings is 1. The van der Waals surface area contributed by atoms with Gasteiger partial charge in [-0.15, -0.1) is 10.2 Å². The minimum Gasteiger partial charge on any atom is -0.494 e. The monoisotopic (exact) mass is 465 g/mol. The van der Waals surface area contributed by atoms with E-state index >= 15 is 0 Å². The molecule has 1 aromatic carbocycles. The van der Waals surface area contributed by atoms with E-state index in [1.807, 2.05) is 22.7 Å². The minimum atomic E-state index is -0.480. The molecule has 11 heteroatoms. The highest BCUT2D eigenvalue weighted by Gasteiger charge is 2.15. The van der Waals surface area contributed by atoms with Crippen molar-refractivity contribution in [2.75, 3.05) is 26.6 Å². The van der Waals surface area contributed by atoms with Gasteiger partial charge in [-0.3, -0.25) is 9.20 Å². The second-order valence-corrected chi connectivity index (χ2v) is 7.46. The van der Waals surface area contributed by atoms with Crippen LogP contribution in [0.5, 0.6) is 5.75 Å². The molecule has 4 aromatic rings. The van der Waals surface area contributed by atoms with E-state index in [1.165, 1.54) is 26.3 Å². The van der Waals surface area contributed by atoms with Gasteiger partial charge in [0.05, 0.1) is 7.11 Å². The topological polar surface area (TPSA) is 116 Å². The van der Waals surface area contributed by atoms with E-state index in [-0.39, 0.29) is 11.7 Å². The Bertz CT molecular complexity index is 1310. The largest absolute Gasteiger partial charge is 0.494 e. The molecule has 0 aliphatic heterocycles. The Morgan fingerprint density at radius 1 is 1.12 bits per heavy atom. The number of pyridine rings is 1. The van der Waals surface area contributed by atoms with Crippen LogP contribution in [-0.2, 0) is 24.2 Å². The normalized spacial score (nSPS) is 10.9. The molecule has 3 heterocycles. The summed E-state index contributed by atoms with van der Waals surface area (Å²) < 4.78 is 26.7. The van der Waals surface area contributed by atoms with E-state index < -0.39 is 5.82 Å². The third-order valence-corrected chi connectivity index (χ3v) is 5.22. The number of nitrogens with zero attached hydrogens (tertiary/aromatic N) is 5. The van der Waals surface area contributed by atoms with E-state index in [0.29, 0.717) is 48.0 Å². The lowest BCUT2D eigenvalue weighted by Gasteiger charge is -2.11. The van der Waals surface area contributed by atoms with Crippen molar-refractivity contribution >= 4 is 23.2 Å². The van der Waals surface area contributed by atoms with Crippen LogP contribution in [0.15, 0.2) is 42.9 Å². The molecule has 1 amide bonds. The maximum atomic E-state index is 14.7. The van der Waals surface area contributed by atoms with Gasteiger partial charge in [0.2, 0.25) is 5.95 Å². The number of fused-ring (bicyclic) bond motifs is 1. The molecule has 176 valence electrons. The predicted molar refractivity (Wildman–Crippen MR) is 123 cm³/mol. The Morgan fingerprint density at radius 2 is 1.91 bits per heavy atom. The third kappa shape index (κ3) is 4.94. The van der Waals surface area contributed by atoms with Crippen LogP contribution in [0.25, 0.3) is 5.65 Å². The van der Waals surface area contributed by atoms with Crippen molar-refractivity contribution in [2.45, 2.75) is 19.4 Å². The number of methoxy groups -OCH3 is 2. The summed E-state index contributed by atoms with van der Waals surface area (Å²) in [6, 6.07) is 6.62. The first-order valence-corrected chi connectivity index (χ1v) is 10.5. The maximum Gasteiger partial charge on any atom is 0.251 e. The lowest BCUT2D eigenvalue weighted by Crippen LogP contribution is -2.18. The highest BCUT2D eigenvalue weighted by molar-refractivity contribution is 5.94. The van der Waals surface area contributed by atoms with E-state index in [1.54, 1.807) is 19.5 Å². The number of aromatic nitrogens is 5. The van der Waals surface area contributed by atoms with Crippen molar-refractivity contribution < 1.29 is 18.7 Å². The molecule has 0 saturated carbocycles. The molecule has 3 aromatic heterocycles. The summed E-state index contributed by atoms with van der Waals surface area (Å²) in [4.78, 5) is 20.7. The molecule has 0 bridgehead atoms. The van der Waals surface area contributed by atoms with Gasteiger partial charge in [-0.05, 0) is 42.2 Å². The lowest BCUT2D eigenvalue weighted by atomic mass is 10.0. The number of aryl methyl sites for hydroxylation is 2. The molecule has 0 unspecified atom stereocenters. The van der Waals surface area contributed by atoms with Crippen LogP contribution in [0.1, 0.15) is 27.3 Å². The predicted octanol–water partition coefficient (Wildman–Crippen LogP) is 2.70. The van der Waals surface area contributed by atoms with Gasteiger partial charge in [0.15, 0.2) is 23.0 Å². The fraction of sp³-hybridized carbons (Fsp3) is 0.261. The van der Waals surface area contributed by atoms with Gasteiger partial charge >= 0.3 is 0 Å². The molecule has 4 rings (SSSR count). The number of halogens is 1. The van der Waals surface area contributed by atoms with Crippen molar-refractivity contribution in [3.05, 3.63) is 71.2 Å². The molecule has 0 aliphatic rings. The molecule has 0 fully saturated rings. The molecular formula is C23H24FN7O3. The average molecular weight is 465 g/mol. The fourth-order valence-corrected chi connectivity index (χ4v) is 3.46. The van der Waals surface area contributed by atoms with Crippen molar-refractivity contribution in [1.82, 2.24) is 29.9 Å². The van der Waals surface area contributed by atoms with Crippen molar-refractivity contribution in [3.8, 4) is 5.75 Å². The molecule has 0 spiro atoms. The zero-order valence-corrected chi connectivity index (χ0v) is 19.0. The van der Waals surface area contributed by atoms with Gasteiger partial charge in [0, 0.05) is 50.1 Å². The zero-order chi connectivity index (χ0) is 24.1.